The summed E-state index contributed by atoms with van der Waals surface area (Å²) in [4.78, 5) is 0. The van der Waals surface area contributed by atoms with E-state index < -0.39 is 52.3 Å². The van der Waals surface area contributed by atoms with Crippen LogP contribution in [0.15, 0.2) is 91.0 Å². The molecule has 0 N–H and O–H groups in total. The molecular formula is C34H22F8O. The maximum atomic E-state index is 15.1. The fourth-order valence-electron chi connectivity index (χ4n) is 4.73. The molecule has 1 nitrogen and oxygen atoms in total. The Balaban J connectivity index is 1.38. The molecule has 0 spiro atoms. The second-order valence-electron chi connectivity index (χ2n) is 9.85. The van der Waals surface area contributed by atoms with E-state index in [4.69, 9.17) is 0 Å². The second kappa shape index (κ2) is 11.9. The molecule has 0 unspecified atom stereocenters. The lowest BCUT2D eigenvalue weighted by Gasteiger charge is -2.20. The predicted molar refractivity (Wildman–Crippen MR) is 147 cm³/mol. The molecule has 5 aromatic rings. The second-order valence-corrected chi connectivity index (χ2v) is 9.85. The van der Waals surface area contributed by atoms with Gasteiger partial charge in [0, 0.05) is 17.7 Å². The van der Waals surface area contributed by atoms with Gasteiger partial charge in [-0.1, -0.05) is 74.0 Å². The van der Waals surface area contributed by atoms with E-state index in [0.717, 1.165) is 30.0 Å². The fourth-order valence-corrected chi connectivity index (χ4v) is 4.73. The number of halogens is 8. The van der Waals surface area contributed by atoms with Gasteiger partial charge in [-0.25, -0.2) is 26.3 Å². The third-order valence-corrected chi connectivity index (χ3v) is 6.86. The molecule has 0 bridgehead atoms. The molecule has 0 saturated carbocycles. The molecule has 0 amide bonds. The number of aryl methyl sites for hydroxylation is 1. The number of ether oxygens (including phenoxy) is 1. The third kappa shape index (κ3) is 6.26. The summed E-state index contributed by atoms with van der Waals surface area (Å²) in [7, 11) is 0. The van der Waals surface area contributed by atoms with Gasteiger partial charge in [0.1, 0.15) is 28.8 Å². The molecule has 0 atom stereocenters. The van der Waals surface area contributed by atoms with Gasteiger partial charge in [0.05, 0.1) is 0 Å². The van der Waals surface area contributed by atoms with E-state index in [9.17, 15) is 30.7 Å². The Morgan fingerprint density at radius 3 is 1.51 bits per heavy atom. The SMILES string of the molecule is CCCc1ccc(-c2ccc(-c3ccc(-c4cc(F)c(C(F)(F)Oc5cc(F)c(F)c(F)c5)c(F)c4)c(F)c3)cc2)cc1. The zero-order valence-corrected chi connectivity index (χ0v) is 22.5. The van der Waals surface area contributed by atoms with Crippen LogP contribution in [-0.4, -0.2) is 0 Å². The van der Waals surface area contributed by atoms with Crippen LogP contribution in [-0.2, 0) is 12.5 Å². The molecule has 0 aliphatic heterocycles. The lowest BCUT2D eigenvalue weighted by atomic mass is 9.96. The Labute approximate surface area is 242 Å². The first-order valence-corrected chi connectivity index (χ1v) is 13.2. The van der Waals surface area contributed by atoms with Crippen molar-refractivity contribution < 1.29 is 39.9 Å². The average molecular weight is 599 g/mol. The Morgan fingerprint density at radius 1 is 0.535 bits per heavy atom. The van der Waals surface area contributed by atoms with Crippen molar-refractivity contribution in [1.29, 1.82) is 0 Å². The number of benzene rings is 5. The molecule has 0 aromatic heterocycles. The Morgan fingerprint density at radius 2 is 1.00 bits per heavy atom. The fraction of sp³-hybridized carbons (Fsp3) is 0.118. The van der Waals surface area contributed by atoms with Gasteiger partial charge in [0.2, 0.25) is 0 Å². The van der Waals surface area contributed by atoms with Crippen molar-refractivity contribution in [1.82, 2.24) is 0 Å². The highest BCUT2D eigenvalue weighted by atomic mass is 19.3. The van der Waals surface area contributed by atoms with E-state index in [0.29, 0.717) is 23.3 Å². The van der Waals surface area contributed by atoms with Crippen LogP contribution in [0.2, 0.25) is 0 Å². The smallest absolute Gasteiger partial charge is 0.429 e. The van der Waals surface area contributed by atoms with Gasteiger partial charge in [-0.05, 0) is 58.0 Å². The highest BCUT2D eigenvalue weighted by Crippen LogP contribution is 2.38. The molecule has 220 valence electrons. The maximum absolute atomic E-state index is 15.1. The standard InChI is InChI=1S/C34H22F8O/c1-2-3-19-4-6-20(7-5-19)21-8-10-22(11-9-21)23-12-13-26(27(35)14-23)24-15-28(36)32(29(37)16-24)34(41,42)43-25-17-30(38)33(40)31(39)18-25/h4-18H,2-3H2,1H3. The first kappa shape index (κ1) is 29.8. The quantitative estimate of drug-likeness (QED) is 0.128. The van der Waals surface area contributed by atoms with Crippen LogP contribution in [0.25, 0.3) is 33.4 Å². The summed E-state index contributed by atoms with van der Waals surface area (Å²) in [5.74, 6) is -11.3. The van der Waals surface area contributed by atoms with Crippen molar-refractivity contribution in [2.75, 3.05) is 0 Å². The van der Waals surface area contributed by atoms with Crippen molar-refractivity contribution in [2.24, 2.45) is 0 Å². The van der Waals surface area contributed by atoms with Crippen LogP contribution < -0.4 is 4.74 Å². The maximum Gasteiger partial charge on any atom is 0.432 e. The lowest BCUT2D eigenvalue weighted by Crippen LogP contribution is -2.25. The highest BCUT2D eigenvalue weighted by Gasteiger charge is 2.41. The van der Waals surface area contributed by atoms with Gasteiger partial charge in [0.15, 0.2) is 17.5 Å². The van der Waals surface area contributed by atoms with Gasteiger partial charge in [-0.2, -0.15) is 8.78 Å². The van der Waals surface area contributed by atoms with Gasteiger partial charge in [-0.15, -0.1) is 0 Å². The number of hydrogen-bond acceptors (Lipinski definition) is 1. The van der Waals surface area contributed by atoms with Gasteiger partial charge >= 0.3 is 6.11 Å². The number of rotatable bonds is 8. The third-order valence-electron chi connectivity index (χ3n) is 6.86. The van der Waals surface area contributed by atoms with Crippen molar-refractivity contribution in [3.8, 4) is 39.1 Å². The van der Waals surface area contributed by atoms with Crippen LogP contribution in [0.4, 0.5) is 35.1 Å². The average Bonchev–Trinajstić information content (AvgIpc) is 2.95. The Kier molecular flexibility index (Phi) is 8.26. The lowest BCUT2D eigenvalue weighted by molar-refractivity contribution is -0.189. The summed E-state index contributed by atoms with van der Waals surface area (Å²) in [6.45, 7) is 2.11. The van der Waals surface area contributed by atoms with Gasteiger partial charge < -0.3 is 4.74 Å². The summed E-state index contributed by atoms with van der Waals surface area (Å²) in [6.07, 6.45) is -2.71. The summed E-state index contributed by atoms with van der Waals surface area (Å²) >= 11 is 0. The zero-order valence-electron chi connectivity index (χ0n) is 22.5. The molecule has 0 aliphatic rings. The molecule has 0 fully saturated rings. The monoisotopic (exact) mass is 598 g/mol. The van der Waals surface area contributed by atoms with E-state index >= 15 is 4.39 Å². The van der Waals surface area contributed by atoms with E-state index in [1.165, 1.54) is 17.7 Å². The van der Waals surface area contributed by atoms with E-state index in [1.807, 2.05) is 24.3 Å². The number of hydrogen-bond donors (Lipinski definition) is 0. The van der Waals surface area contributed by atoms with Crippen molar-refractivity contribution in [3.05, 3.63) is 137 Å². The molecule has 5 aromatic carbocycles. The summed E-state index contributed by atoms with van der Waals surface area (Å²) in [5.41, 5.74) is 1.87. The van der Waals surface area contributed by atoms with Crippen LogP contribution in [0, 0.1) is 34.9 Å². The molecule has 0 aliphatic carbocycles. The first-order chi connectivity index (χ1) is 20.5. The molecule has 9 heteroatoms. The normalized spacial score (nSPS) is 11.6. The summed E-state index contributed by atoms with van der Waals surface area (Å²) in [6, 6.07) is 20.7. The minimum absolute atomic E-state index is 0.103. The molecule has 0 heterocycles. The summed E-state index contributed by atoms with van der Waals surface area (Å²) in [5, 5.41) is 0. The van der Waals surface area contributed by atoms with Crippen LogP contribution in [0.1, 0.15) is 24.5 Å². The van der Waals surface area contributed by atoms with Gasteiger partial charge in [0.25, 0.3) is 0 Å². The Hall–Kier alpha value is -4.66. The molecular weight excluding hydrogens is 576 g/mol. The molecule has 43 heavy (non-hydrogen) atoms. The van der Waals surface area contributed by atoms with Crippen LogP contribution in [0.5, 0.6) is 5.75 Å². The molecule has 5 rings (SSSR count). The number of alkyl halides is 2. The zero-order chi connectivity index (χ0) is 30.9. The van der Waals surface area contributed by atoms with Crippen LogP contribution >= 0.6 is 0 Å². The minimum Gasteiger partial charge on any atom is -0.429 e. The first-order valence-electron chi connectivity index (χ1n) is 13.2. The van der Waals surface area contributed by atoms with E-state index in [-0.39, 0.29) is 23.3 Å². The van der Waals surface area contributed by atoms with E-state index in [2.05, 4.69) is 23.8 Å². The summed E-state index contributed by atoms with van der Waals surface area (Å²) < 4.78 is 118. The molecule has 0 radical (unpaired) electrons. The van der Waals surface area contributed by atoms with Gasteiger partial charge in [-0.3, -0.25) is 0 Å². The van der Waals surface area contributed by atoms with Crippen LogP contribution in [0.3, 0.4) is 0 Å². The molecule has 0 saturated heterocycles. The predicted octanol–water partition coefficient (Wildman–Crippen LogP) is 10.6. The topological polar surface area (TPSA) is 9.23 Å². The largest absolute Gasteiger partial charge is 0.432 e. The van der Waals surface area contributed by atoms with Crippen molar-refractivity contribution in [3.63, 3.8) is 0 Å². The Bertz CT molecular complexity index is 1730. The minimum atomic E-state index is -4.75. The van der Waals surface area contributed by atoms with Crippen molar-refractivity contribution in [2.45, 2.75) is 25.9 Å². The van der Waals surface area contributed by atoms with E-state index in [1.54, 1.807) is 12.1 Å². The van der Waals surface area contributed by atoms with Crippen molar-refractivity contribution >= 4 is 0 Å². The highest BCUT2D eigenvalue weighted by molar-refractivity contribution is 5.74.